The normalized spacial score (nSPS) is 16.9. The summed E-state index contributed by atoms with van der Waals surface area (Å²) in [6.07, 6.45) is -3.41. The molecule has 0 saturated carbocycles. The molecule has 0 aliphatic carbocycles. The Labute approximate surface area is 207 Å². The van der Waals surface area contributed by atoms with Crippen molar-refractivity contribution in [2.75, 3.05) is 24.1 Å². The van der Waals surface area contributed by atoms with Crippen molar-refractivity contribution < 1.29 is 22.7 Å². The van der Waals surface area contributed by atoms with Gasteiger partial charge in [0.1, 0.15) is 23.5 Å². The number of anilines is 2. The van der Waals surface area contributed by atoms with E-state index in [1.54, 1.807) is 13.8 Å². The van der Waals surface area contributed by atoms with Crippen molar-refractivity contribution in [3.8, 4) is 5.75 Å². The maximum Gasteiger partial charge on any atom is 0.416 e. The number of alkyl halides is 3. The molecule has 3 N–H and O–H groups in total. The molecule has 1 aliphatic rings. The molecule has 4 rings (SSSR count). The number of aromatic nitrogens is 2. The van der Waals surface area contributed by atoms with Gasteiger partial charge in [0.15, 0.2) is 0 Å². The van der Waals surface area contributed by atoms with Crippen LogP contribution in [0.3, 0.4) is 0 Å². The van der Waals surface area contributed by atoms with Crippen molar-refractivity contribution in [2.24, 2.45) is 0 Å². The molecule has 7 nitrogen and oxygen atoms in total. The average Bonchev–Trinajstić information content (AvgIpc) is 3.27. The van der Waals surface area contributed by atoms with Crippen LogP contribution in [-0.2, 0) is 11.0 Å². The highest BCUT2D eigenvalue weighted by atomic mass is 19.4. The van der Waals surface area contributed by atoms with Crippen LogP contribution in [0.4, 0.5) is 24.7 Å². The van der Waals surface area contributed by atoms with Gasteiger partial charge in [-0.1, -0.05) is 6.92 Å². The highest BCUT2D eigenvalue weighted by Gasteiger charge is 2.31. The van der Waals surface area contributed by atoms with Crippen LogP contribution in [0.2, 0.25) is 0 Å². The SMILES string of the molecule is CCC(=O)N1CC[C@H](Oc2cc3c(N[C@H](C)c4cc(N)cc(C(F)(F)F)c4)nc(C)nc3cc2C)C1. The van der Waals surface area contributed by atoms with Gasteiger partial charge in [0, 0.05) is 30.5 Å². The van der Waals surface area contributed by atoms with E-state index >= 15 is 0 Å². The smallest absolute Gasteiger partial charge is 0.416 e. The van der Waals surface area contributed by atoms with Gasteiger partial charge in [-0.05, 0) is 62.2 Å². The minimum Gasteiger partial charge on any atom is -0.488 e. The summed E-state index contributed by atoms with van der Waals surface area (Å²) in [7, 11) is 0. The molecule has 2 atom stereocenters. The Morgan fingerprint density at radius 2 is 1.97 bits per heavy atom. The first-order valence-corrected chi connectivity index (χ1v) is 11.9. The highest BCUT2D eigenvalue weighted by molar-refractivity contribution is 5.91. The number of nitrogen functional groups attached to an aromatic ring is 1. The molecule has 2 heterocycles. The number of likely N-dealkylation sites (tertiary alicyclic amines) is 1. The Bertz CT molecular complexity index is 1290. The number of carbonyl (C=O) groups is 1. The monoisotopic (exact) mass is 501 g/mol. The molecule has 192 valence electrons. The Morgan fingerprint density at radius 1 is 1.22 bits per heavy atom. The summed E-state index contributed by atoms with van der Waals surface area (Å²) in [4.78, 5) is 22.9. The van der Waals surface area contributed by atoms with Crippen LogP contribution in [0.5, 0.6) is 5.75 Å². The van der Waals surface area contributed by atoms with Gasteiger partial charge in [-0.15, -0.1) is 0 Å². The molecule has 3 aromatic rings. The maximum atomic E-state index is 13.3. The molecule has 10 heteroatoms. The van der Waals surface area contributed by atoms with Gasteiger partial charge in [0.05, 0.1) is 23.7 Å². The largest absolute Gasteiger partial charge is 0.488 e. The van der Waals surface area contributed by atoms with E-state index in [-0.39, 0.29) is 17.7 Å². The number of fused-ring (bicyclic) bond motifs is 1. The molecular weight excluding hydrogens is 471 g/mol. The van der Waals surface area contributed by atoms with Crippen LogP contribution in [0.1, 0.15) is 55.2 Å². The zero-order chi connectivity index (χ0) is 26.2. The third kappa shape index (κ3) is 5.47. The first-order valence-electron chi connectivity index (χ1n) is 11.9. The third-order valence-corrected chi connectivity index (χ3v) is 6.36. The van der Waals surface area contributed by atoms with E-state index in [1.807, 2.05) is 30.9 Å². The number of nitrogens with one attached hydrogen (secondary N) is 1. The quantitative estimate of drug-likeness (QED) is 0.439. The highest BCUT2D eigenvalue weighted by Crippen LogP contribution is 2.35. The minimum absolute atomic E-state index is 0.0377. The summed E-state index contributed by atoms with van der Waals surface area (Å²) in [5.41, 5.74) is 6.98. The fourth-order valence-corrected chi connectivity index (χ4v) is 4.45. The van der Waals surface area contributed by atoms with Gasteiger partial charge >= 0.3 is 6.18 Å². The fraction of sp³-hybridized carbons (Fsp3) is 0.423. The zero-order valence-corrected chi connectivity index (χ0v) is 20.7. The first-order chi connectivity index (χ1) is 16.9. The molecule has 0 bridgehead atoms. The number of amides is 1. The van der Waals surface area contributed by atoms with Gasteiger partial charge in [-0.2, -0.15) is 13.2 Å². The maximum absolute atomic E-state index is 13.3. The number of ether oxygens (including phenoxy) is 1. The summed E-state index contributed by atoms with van der Waals surface area (Å²) in [6, 6.07) is 6.77. The standard InChI is InChI=1S/C26H30F3N5O2/c1-5-24(35)34-7-6-20(13-34)36-23-12-21-22(8-14(23)2)32-16(4)33-25(21)31-15(3)17-9-18(26(27,28)29)11-19(30)10-17/h8-12,15,20H,5-7,13,30H2,1-4H3,(H,31,32,33)/t15-,20+/m1/s1. The molecule has 1 fully saturated rings. The number of aryl methyl sites for hydroxylation is 2. The first kappa shape index (κ1) is 25.5. The lowest BCUT2D eigenvalue weighted by molar-refractivity contribution is -0.137. The number of benzene rings is 2. The average molecular weight is 502 g/mol. The number of hydrogen-bond donors (Lipinski definition) is 2. The summed E-state index contributed by atoms with van der Waals surface area (Å²) < 4.78 is 46.2. The topological polar surface area (TPSA) is 93.4 Å². The number of halogens is 3. The van der Waals surface area contributed by atoms with Gasteiger partial charge in [0.25, 0.3) is 0 Å². The Balaban J connectivity index is 1.64. The molecule has 2 aromatic carbocycles. The van der Waals surface area contributed by atoms with E-state index in [4.69, 9.17) is 10.5 Å². The van der Waals surface area contributed by atoms with Crippen molar-refractivity contribution in [1.82, 2.24) is 14.9 Å². The molecule has 1 aliphatic heterocycles. The predicted molar refractivity (Wildman–Crippen MR) is 133 cm³/mol. The number of nitrogens with two attached hydrogens (primary N) is 1. The van der Waals surface area contributed by atoms with Gasteiger partial charge in [-0.3, -0.25) is 4.79 Å². The number of rotatable bonds is 6. The molecule has 0 radical (unpaired) electrons. The van der Waals surface area contributed by atoms with Crippen LogP contribution < -0.4 is 15.8 Å². The molecule has 0 spiro atoms. The van der Waals surface area contributed by atoms with Gasteiger partial charge in [-0.25, -0.2) is 9.97 Å². The fourth-order valence-electron chi connectivity index (χ4n) is 4.45. The summed E-state index contributed by atoms with van der Waals surface area (Å²) in [5, 5.41) is 3.92. The lowest BCUT2D eigenvalue weighted by Gasteiger charge is -2.20. The van der Waals surface area contributed by atoms with Crippen molar-refractivity contribution in [2.45, 2.75) is 58.9 Å². The molecule has 1 amide bonds. The van der Waals surface area contributed by atoms with Crippen LogP contribution in [0, 0.1) is 13.8 Å². The molecule has 1 saturated heterocycles. The van der Waals surface area contributed by atoms with Crippen molar-refractivity contribution in [3.05, 3.63) is 52.8 Å². The molecule has 0 unspecified atom stereocenters. The van der Waals surface area contributed by atoms with Crippen LogP contribution in [-0.4, -0.2) is 40.0 Å². The Kier molecular flexibility index (Phi) is 6.97. The number of carbonyl (C=O) groups excluding carboxylic acids is 1. The van der Waals surface area contributed by atoms with Gasteiger partial charge in [0.2, 0.25) is 5.91 Å². The van der Waals surface area contributed by atoms with E-state index in [0.717, 1.165) is 24.1 Å². The lowest BCUT2D eigenvalue weighted by Crippen LogP contribution is -2.30. The van der Waals surface area contributed by atoms with Crippen LogP contribution in [0.25, 0.3) is 10.9 Å². The Hall–Kier alpha value is -3.56. The van der Waals surface area contributed by atoms with Crippen molar-refractivity contribution >= 4 is 28.3 Å². The van der Waals surface area contributed by atoms with E-state index in [1.165, 1.54) is 6.07 Å². The lowest BCUT2D eigenvalue weighted by atomic mass is 10.0. The molecular formula is C26H30F3N5O2. The molecule has 1 aromatic heterocycles. The second-order valence-electron chi connectivity index (χ2n) is 9.23. The van der Waals surface area contributed by atoms with E-state index < -0.39 is 17.8 Å². The van der Waals surface area contributed by atoms with Crippen molar-refractivity contribution in [1.29, 1.82) is 0 Å². The van der Waals surface area contributed by atoms with E-state index in [0.29, 0.717) is 53.4 Å². The zero-order valence-electron chi connectivity index (χ0n) is 20.7. The third-order valence-electron chi connectivity index (χ3n) is 6.36. The second kappa shape index (κ2) is 9.83. The number of hydrogen-bond acceptors (Lipinski definition) is 6. The van der Waals surface area contributed by atoms with Crippen molar-refractivity contribution in [3.63, 3.8) is 0 Å². The minimum atomic E-state index is -4.50. The Morgan fingerprint density at radius 3 is 2.67 bits per heavy atom. The number of nitrogens with zero attached hydrogens (tertiary/aromatic N) is 3. The summed E-state index contributed by atoms with van der Waals surface area (Å²) >= 11 is 0. The van der Waals surface area contributed by atoms with Gasteiger partial charge < -0.3 is 20.7 Å². The summed E-state index contributed by atoms with van der Waals surface area (Å²) in [6.45, 7) is 8.48. The van der Waals surface area contributed by atoms with Crippen LogP contribution >= 0.6 is 0 Å². The van der Waals surface area contributed by atoms with E-state index in [2.05, 4.69) is 15.3 Å². The second-order valence-corrected chi connectivity index (χ2v) is 9.23. The molecule has 36 heavy (non-hydrogen) atoms. The van der Waals surface area contributed by atoms with E-state index in [9.17, 15) is 18.0 Å². The predicted octanol–water partition coefficient (Wildman–Crippen LogP) is 5.41. The summed E-state index contributed by atoms with van der Waals surface area (Å²) in [5.74, 6) is 1.78. The van der Waals surface area contributed by atoms with Crippen LogP contribution in [0.15, 0.2) is 30.3 Å².